The summed E-state index contributed by atoms with van der Waals surface area (Å²) in [6.45, 7) is 0. The number of nitrogens with zero attached hydrogens (tertiary/aromatic N) is 5. The lowest BCUT2D eigenvalue weighted by Gasteiger charge is -2.09. The fourth-order valence-corrected chi connectivity index (χ4v) is 9.18. The first-order chi connectivity index (χ1) is 28.2. The zero-order valence-electron chi connectivity index (χ0n) is 30.0. The summed E-state index contributed by atoms with van der Waals surface area (Å²) in [5.41, 5.74) is 8.73. The molecule has 0 unspecified atom stereocenters. The number of benzene rings is 7. The zero-order chi connectivity index (χ0) is 37.5. The van der Waals surface area contributed by atoms with E-state index in [1.807, 2.05) is 109 Å². The van der Waals surface area contributed by atoms with Crippen LogP contribution >= 0.6 is 11.3 Å². The maximum absolute atomic E-state index is 6.79. The van der Waals surface area contributed by atoms with Crippen LogP contribution in [-0.2, 0) is 0 Å². The Morgan fingerprint density at radius 3 is 1.72 bits per heavy atom. The third-order valence-electron chi connectivity index (χ3n) is 10.6. The SMILES string of the molecule is c1ccc(-c2nc(-c3ccccc3)nc(-c3cccc4oc5c(-c6nc(-c7cccc8c7sc7ccccc78)c7oc8ccccc8c7n6)cccc5c34)n2)cc1. The van der Waals surface area contributed by atoms with Crippen LogP contribution in [-0.4, -0.2) is 24.9 Å². The van der Waals surface area contributed by atoms with Crippen molar-refractivity contribution in [1.29, 1.82) is 0 Å². The molecule has 57 heavy (non-hydrogen) atoms. The van der Waals surface area contributed by atoms with E-state index in [-0.39, 0.29) is 0 Å². The number of thiophene rings is 1. The number of hydrogen-bond acceptors (Lipinski definition) is 8. The van der Waals surface area contributed by atoms with Gasteiger partial charge in [0, 0.05) is 58.6 Å². The Labute approximate surface area is 328 Å². The molecule has 12 rings (SSSR count). The highest BCUT2D eigenvalue weighted by Gasteiger charge is 2.24. The fraction of sp³-hybridized carbons (Fsp3) is 0. The molecule has 0 fully saturated rings. The first kappa shape index (κ1) is 31.8. The van der Waals surface area contributed by atoms with E-state index < -0.39 is 0 Å². The topological polar surface area (TPSA) is 90.7 Å². The third kappa shape index (κ3) is 5.01. The summed E-state index contributed by atoms with van der Waals surface area (Å²) >= 11 is 1.77. The molecule has 0 bridgehead atoms. The van der Waals surface area contributed by atoms with Crippen LogP contribution in [0, 0.1) is 0 Å². The van der Waals surface area contributed by atoms with E-state index in [9.17, 15) is 0 Å². The fourth-order valence-electron chi connectivity index (χ4n) is 7.97. The van der Waals surface area contributed by atoms with Crippen molar-refractivity contribution in [3.8, 4) is 56.8 Å². The van der Waals surface area contributed by atoms with Crippen molar-refractivity contribution >= 4 is 75.5 Å². The highest BCUT2D eigenvalue weighted by Crippen LogP contribution is 2.45. The number of para-hydroxylation sites is 2. The summed E-state index contributed by atoms with van der Waals surface area (Å²) < 4.78 is 15.7. The van der Waals surface area contributed by atoms with Gasteiger partial charge in [0.25, 0.3) is 0 Å². The highest BCUT2D eigenvalue weighted by molar-refractivity contribution is 7.26. The number of furan rings is 2. The summed E-state index contributed by atoms with van der Waals surface area (Å²) in [4.78, 5) is 25.6. The third-order valence-corrected chi connectivity index (χ3v) is 11.8. The van der Waals surface area contributed by atoms with Crippen LogP contribution in [0.4, 0.5) is 0 Å². The monoisotopic (exact) mass is 749 g/mol. The lowest BCUT2D eigenvalue weighted by Crippen LogP contribution is -2.00. The van der Waals surface area contributed by atoms with Gasteiger partial charge in [0.1, 0.15) is 28.0 Å². The first-order valence-electron chi connectivity index (χ1n) is 18.7. The van der Waals surface area contributed by atoms with Crippen molar-refractivity contribution < 1.29 is 8.83 Å². The van der Waals surface area contributed by atoms with Crippen molar-refractivity contribution in [2.45, 2.75) is 0 Å². The molecular weight excluding hydrogens is 723 g/mol. The van der Waals surface area contributed by atoms with Crippen LogP contribution in [0.15, 0.2) is 173 Å². The van der Waals surface area contributed by atoms with Crippen LogP contribution in [0.5, 0.6) is 0 Å². The number of hydrogen-bond donors (Lipinski definition) is 0. The lowest BCUT2D eigenvalue weighted by molar-refractivity contribution is 0.666. The van der Waals surface area contributed by atoms with Crippen molar-refractivity contribution in [1.82, 2.24) is 24.9 Å². The molecule has 0 atom stereocenters. The molecule has 7 nitrogen and oxygen atoms in total. The van der Waals surface area contributed by atoms with E-state index >= 15 is 0 Å². The second-order valence-corrected chi connectivity index (χ2v) is 15.0. The predicted octanol–water partition coefficient (Wildman–Crippen LogP) is 13.2. The smallest absolute Gasteiger partial charge is 0.180 e. The molecule has 266 valence electrons. The van der Waals surface area contributed by atoms with Gasteiger partial charge in [-0.2, -0.15) is 0 Å². The number of rotatable bonds is 5. The molecular formula is C49H27N5O2S. The number of fused-ring (bicyclic) bond motifs is 9. The molecule has 7 aromatic carbocycles. The average Bonchev–Trinajstić information content (AvgIpc) is 3.98. The largest absolute Gasteiger partial charge is 0.455 e. The van der Waals surface area contributed by atoms with E-state index in [1.54, 1.807) is 11.3 Å². The first-order valence-corrected chi connectivity index (χ1v) is 19.5. The zero-order valence-corrected chi connectivity index (χ0v) is 30.9. The Bertz CT molecular complexity index is 3480. The Balaban J connectivity index is 1.10. The van der Waals surface area contributed by atoms with E-state index in [0.29, 0.717) is 40.0 Å². The minimum atomic E-state index is 0.547. The van der Waals surface area contributed by atoms with Crippen molar-refractivity contribution in [3.05, 3.63) is 164 Å². The van der Waals surface area contributed by atoms with Gasteiger partial charge in [-0.1, -0.05) is 133 Å². The van der Waals surface area contributed by atoms with Crippen molar-refractivity contribution in [2.75, 3.05) is 0 Å². The molecule has 0 aliphatic carbocycles. The van der Waals surface area contributed by atoms with Crippen LogP contribution in [0.3, 0.4) is 0 Å². The Morgan fingerprint density at radius 2 is 0.930 bits per heavy atom. The van der Waals surface area contributed by atoms with Crippen molar-refractivity contribution in [2.24, 2.45) is 0 Å². The normalized spacial score (nSPS) is 11.9. The summed E-state index contributed by atoms with van der Waals surface area (Å²) in [5.74, 6) is 2.30. The number of aromatic nitrogens is 5. The average molecular weight is 750 g/mol. The van der Waals surface area contributed by atoms with E-state index in [2.05, 4.69) is 54.6 Å². The molecule has 0 radical (unpaired) electrons. The highest BCUT2D eigenvalue weighted by atomic mass is 32.1. The lowest BCUT2D eigenvalue weighted by atomic mass is 10.0. The van der Waals surface area contributed by atoms with Crippen molar-refractivity contribution in [3.63, 3.8) is 0 Å². The molecule has 0 aliphatic heterocycles. The van der Waals surface area contributed by atoms with Gasteiger partial charge in [-0.25, -0.2) is 24.9 Å². The van der Waals surface area contributed by atoms with Gasteiger partial charge in [-0.05, 0) is 30.3 Å². The minimum Gasteiger partial charge on any atom is -0.455 e. The van der Waals surface area contributed by atoms with Gasteiger partial charge in [-0.15, -0.1) is 11.3 Å². The maximum atomic E-state index is 6.79. The van der Waals surface area contributed by atoms with Gasteiger partial charge >= 0.3 is 0 Å². The Kier molecular flexibility index (Phi) is 6.96. The predicted molar refractivity (Wildman–Crippen MR) is 230 cm³/mol. The Hall–Kier alpha value is -7.55. The van der Waals surface area contributed by atoms with E-state index in [4.69, 9.17) is 33.8 Å². The molecule has 0 saturated heterocycles. The molecule has 5 aromatic heterocycles. The Morgan fingerprint density at radius 1 is 0.368 bits per heavy atom. The second-order valence-electron chi connectivity index (χ2n) is 14.0. The molecule has 0 amide bonds. The van der Waals surface area contributed by atoms with Gasteiger partial charge in [-0.3, -0.25) is 0 Å². The van der Waals surface area contributed by atoms with Gasteiger partial charge in [0.2, 0.25) is 0 Å². The quantitative estimate of drug-likeness (QED) is 0.173. The van der Waals surface area contributed by atoms with Crippen LogP contribution in [0.25, 0.3) is 121 Å². The molecule has 0 spiro atoms. The van der Waals surface area contributed by atoms with E-state index in [1.165, 1.54) is 15.5 Å². The van der Waals surface area contributed by atoms with Crippen LogP contribution in [0.2, 0.25) is 0 Å². The molecule has 5 heterocycles. The second kappa shape index (κ2) is 12.5. The molecule has 0 saturated carbocycles. The van der Waals surface area contributed by atoms with E-state index in [0.717, 1.165) is 65.5 Å². The molecule has 12 aromatic rings. The summed E-state index contributed by atoms with van der Waals surface area (Å²) in [7, 11) is 0. The van der Waals surface area contributed by atoms with Crippen LogP contribution in [0.1, 0.15) is 0 Å². The maximum Gasteiger partial charge on any atom is 0.180 e. The summed E-state index contributed by atoms with van der Waals surface area (Å²) in [5, 5.41) is 5.16. The molecule has 8 heteroatoms. The standard InChI is InChI=1S/C49H27N5O2S/c1-3-14-28(15-4-1)46-52-47(29-16-5-2-6-17-29)54-48(53-46)34-22-13-26-38-40(34)33-21-12-24-36(43(33)56-38)49-50-41-32-19-7-9-25-37(32)55-44(41)42(51-49)35-23-11-20-31-30-18-8-10-27-39(30)57-45(31)35/h1-27H. The summed E-state index contributed by atoms with van der Waals surface area (Å²) in [6.07, 6.45) is 0. The molecule has 0 aliphatic rings. The molecule has 0 N–H and O–H groups in total. The van der Waals surface area contributed by atoms with Crippen LogP contribution < -0.4 is 0 Å². The summed E-state index contributed by atoms with van der Waals surface area (Å²) in [6, 6.07) is 55.2. The minimum absolute atomic E-state index is 0.547. The van der Waals surface area contributed by atoms with Gasteiger partial charge in [0.05, 0.1) is 5.56 Å². The van der Waals surface area contributed by atoms with Gasteiger partial charge < -0.3 is 8.83 Å². The van der Waals surface area contributed by atoms with Gasteiger partial charge in [0.15, 0.2) is 28.9 Å².